The highest BCUT2D eigenvalue weighted by Gasteiger charge is 2.06. The van der Waals surface area contributed by atoms with E-state index in [4.69, 9.17) is 5.73 Å². The third-order valence-corrected chi connectivity index (χ3v) is 3.29. The van der Waals surface area contributed by atoms with Crippen LogP contribution in [-0.2, 0) is 0 Å². The zero-order chi connectivity index (χ0) is 11.0. The van der Waals surface area contributed by atoms with Crippen molar-refractivity contribution in [2.45, 2.75) is 0 Å². The number of nitrogens with zero attached hydrogens (tertiary/aromatic N) is 2. The molecule has 16 heavy (non-hydrogen) atoms. The Morgan fingerprint density at radius 1 is 1.06 bits per heavy atom. The second-order valence-corrected chi connectivity index (χ2v) is 4.50. The van der Waals surface area contributed by atoms with Crippen LogP contribution < -0.4 is 5.73 Å². The van der Waals surface area contributed by atoms with Crippen molar-refractivity contribution in [2.75, 3.05) is 5.73 Å². The number of pyridine rings is 1. The van der Waals surface area contributed by atoms with Gasteiger partial charge in [-0.3, -0.25) is 4.98 Å². The van der Waals surface area contributed by atoms with Crippen LogP contribution in [0, 0.1) is 0 Å². The third-order valence-electron chi connectivity index (χ3n) is 2.43. The van der Waals surface area contributed by atoms with E-state index in [9.17, 15) is 0 Å². The number of nitrogen functional groups attached to an aromatic ring is 1. The van der Waals surface area contributed by atoms with E-state index in [2.05, 4.69) is 22.1 Å². The van der Waals surface area contributed by atoms with E-state index in [1.54, 1.807) is 6.20 Å². The molecule has 0 spiro atoms. The van der Waals surface area contributed by atoms with Gasteiger partial charge in [0.1, 0.15) is 0 Å². The van der Waals surface area contributed by atoms with E-state index in [1.165, 1.54) is 11.3 Å². The minimum atomic E-state index is 0.593. The van der Waals surface area contributed by atoms with E-state index in [-0.39, 0.29) is 0 Å². The number of aromatic nitrogens is 2. The van der Waals surface area contributed by atoms with Gasteiger partial charge >= 0.3 is 0 Å². The van der Waals surface area contributed by atoms with Gasteiger partial charge in [0.25, 0.3) is 0 Å². The number of hydrogen-bond acceptors (Lipinski definition) is 4. The first-order valence-electron chi connectivity index (χ1n) is 4.90. The van der Waals surface area contributed by atoms with Crippen molar-refractivity contribution < 1.29 is 0 Å². The first-order chi connectivity index (χ1) is 7.84. The number of anilines is 1. The molecule has 3 nitrogen and oxygen atoms in total. The van der Waals surface area contributed by atoms with E-state index in [1.807, 2.05) is 24.4 Å². The summed E-state index contributed by atoms with van der Waals surface area (Å²) in [7, 11) is 0. The van der Waals surface area contributed by atoms with Gasteiger partial charge in [0, 0.05) is 23.3 Å². The largest absolute Gasteiger partial charge is 0.375 e. The van der Waals surface area contributed by atoms with Gasteiger partial charge in [0.2, 0.25) is 0 Å². The van der Waals surface area contributed by atoms with Crippen LogP contribution >= 0.6 is 11.3 Å². The third kappa shape index (κ3) is 1.44. The summed E-state index contributed by atoms with van der Waals surface area (Å²) in [4.78, 5) is 9.48. The van der Waals surface area contributed by atoms with E-state index >= 15 is 0 Å². The molecule has 0 aliphatic carbocycles. The van der Waals surface area contributed by atoms with E-state index < -0.39 is 0 Å². The van der Waals surface area contributed by atoms with Crippen LogP contribution in [0.2, 0.25) is 0 Å². The Balaban J connectivity index is 2.31. The highest BCUT2D eigenvalue weighted by atomic mass is 32.1. The van der Waals surface area contributed by atoms with Gasteiger partial charge in [-0.15, -0.1) is 0 Å². The van der Waals surface area contributed by atoms with Crippen LogP contribution in [0.1, 0.15) is 0 Å². The molecule has 0 fully saturated rings. The lowest BCUT2D eigenvalue weighted by Gasteiger charge is -2.02. The number of fused-ring (bicyclic) bond motifs is 1. The quantitative estimate of drug-likeness (QED) is 0.695. The molecule has 0 bridgehead atoms. The fourth-order valence-corrected chi connectivity index (χ4v) is 2.45. The molecular formula is C12H9N3S. The number of hydrogen-bond donors (Lipinski definition) is 1. The zero-order valence-electron chi connectivity index (χ0n) is 8.42. The lowest BCUT2D eigenvalue weighted by Crippen LogP contribution is -1.80. The Bertz CT molecular complexity index is 640. The SMILES string of the molecule is Nc1ncc(-c2cccc3ncccc23)s1. The molecule has 4 heteroatoms. The Morgan fingerprint density at radius 3 is 2.81 bits per heavy atom. The molecule has 78 valence electrons. The fraction of sp³-hybridized carbons (Fsp3) is 0. The number of thiazole rings is 1. The van der Waals surface area contributed by atoms with Crippen molar-refractivity contribution in [3.05, 3.63) is 42.7 Å². The predicted octanol–water partition coefficient (Wildman–Crippen LogP) is 2.94. The maximum Gasteiger partial charge on any atom is 0.180 e. The van der Waals surface area contributed by atoms with Crippen molar-refractivity contribution in [3.63, 3.8) is 0 Å². The second kappa shape index (κ2) is 3.57. The molecule has 3 aromatic rings. The molecule has 0 radical (unpaired) electrons. The minimum absolute atomic E-state index is 0.593. The maximum absolute atomic E-state index is 5.65. The van der Waals surface area contributed by atoms with Crippen molar-refractivity contribution in [2.24, 2.45) is 0 Å². The van der Waals surface area contributed by atoms with Gasteiger partial charge in [0.15, 0.2) is 5.13 Å². The average Bonchev–Trinajstić information content (AvgIpc) is 2.75. The van der Waals surface area contributed by atoms with Crippen LogP contribution in [0.3, 0.4) is 0 Å². The standard InChI is InChI=1S/C12H9N3S/c13-12-15-7-11(16-12)9-3-1-5-10-8(9)4-2-6-14-10/h1-7H,(H2,13,15). The second-order valence-electron chi connectivity index (χ2n) is 3.44. The van der Waals surface area contributed by atoms with Crippen LogP contribution in [-0.4, -0.2) is 9.97 Å². The Labute approximate surface area is 96.6 Å². The Morgan fingerprint density at radius 2 is 2.00 bits per heavy atom. The summed E-state index contributed by atoms with van der Waals surface area (Å²) in [5, 5.41) is 1.73. The summed E-state index contributed by atoms with van der Waals surface area (Å²) in [6, 6.07) is 10.1. The topological polar surface area (TPSA) is 51.8 Å². The number of rotatable bonds is 1. The molecule has 0 atom stereocenters. The smallest absolute Gasteiger partial charge is 0.180 e. The molecule has 2 heterocycles. The van der Waals surface area contributed by atoms with Gasteiger partial charge in [-0.25, -0.2) is 4.98 Å². The molecular weight excluding hydrogens is 218 g/mol. The first kappa shape index (κ1) is 9.30. The van der Waals surface area contributed by atoms with Crippen LogP contribution in [0.25, 0.3) is 21.3 Å². The van der Waals surface area contributed by atoms with E-state index in [0.29, 0.717) is 5.13 Å². The summed E-state index contributed by atoms with van der Waals surface area (Å²) < 4.78 is 0. The van der Waals surface area contributed by atoms with Gasteiger partial charge in [0.05, 0.1) is 10.4 Å². The minimum Gasteiger partial charge on any atom is -0.375 e. The lowest BCUT2D eigenvalue weighted by atomic mass is 10.1. The molecule has 0 unspecified atom stereocenters. The molecule has 0 saturated heterocycles. The van der Waals surface area contributed by atoms with Crippen LogP contribution in [0.4, 0.5) is 5.13 Å². The molecule has 1 aromatic carbocycles. The van der Waals surface area contributed by atoms with Crippen molar-refractivity contribution >= 4 is 27.4 Å². The lowest BCUT2D eigenvalue weighted by molar-refractivity contribution is 1.41. The molecule has 0 aliphatic rings. The van der Waals surface area contributed by atoms with Crippen molar-refractivity contribution in [1.29, 1.82) is 0 Å². The molecule has 3 rings (SSSR count). The highest BCUT2D eigenvalue weighted by Crippen LogP contribution is 2.32. The summed E-state index contributed by atoms with van der Waals surface area (Å²) in [5.74, 6) is 0. The van der Waals surface area contributed by atoms with Gasteiger partial charge in [-0.2, -0.15) is 0 Å². The van der Waals surface area contributed by atoms with Crippen LogP contribution in [0.15, 0.2) is 42.7 Å². The van der Waals surface area contributed by atoms with Crippen LogP contribution in [0.5, 0.6) is 0 Å². The van der Waals surface area contributed by atoms with E-state index in [0.717, 1.165) is 21.3 Å². The van der Waals surface area contributed by atoms with Gasteiger partial charge < -0.3 is 5.73 Å². The monoisotopic (exact) mass is 227 g/mol. The number of nitrogens with two attached hydrogens (primary N) is 1. The molecule has 2 aromatic heterocycles. The highest BCUT2D eigenvalue weighted by molar-refractivity contribution is 7.18. The summed E-state index contributed by atoms with van der Waals surface area (Å²) in [6.07, 6.45) is 3.61. The molecule has 0 saturated carbocycles. The fourth-order valence-electron chi connectivity index (χ4n) is 1.73. The van der Waals surface area contributed by atoms with Crippen molar-refractivity contribution in [1.82, 2.24) is 9.97 Å². The van der Waals surface area contributed by atoms with Gasteiger partial charge in [-0.05, 0) is 12.1 Å². The summed E-state index contributed by atoms with van der Waals surface area (Å²) in [5.41, 5.74) is 7.78. The zero-order valence-corrected chi connectivity index (χ0v) is 9.24. The number of benzene rings is 1. The molecule has 2 N–H and O–H groups in total. The van der Waals surface area contributed by atoms with Gasteiger partial charge in [-0.1, -0.05) is 29.5 Å². The molecule has 0 amide bonds. The normalized spacial score (nSPS) is 10.8. The Hall–Kier alpha value is -1.94. The molecule has 0 aliphatic heterocycles. The maximum atomic E-state index is 5.65. The average molecular weight is 227 g/mol. The Kier molecular flexibility index (Phi) is 2.08. The summed E-state index contributed by atoms with van der Waals surface area (Å²) >= 11 is 1.49. The first-order valence-corrected chi connectivity index (χ1v) is 5.72. The summed E-state index contributed by atoms with van der Waals surface area (Å²) in [6.45, 7) is 0. The predicted molar refractivity (Wildman–Crippen MR) is 67.3 cm³/mol. The van der Waals surface area contributed by atoms with Crippen molar-refractivity contribution in [3.8, 4) is 10.4 Å².